The van der Waals surface area contributed by atoms with E-state index in [0.29, 0.717) is 11.1 Å². The summed E-state index contributed by atoms with van der Waals surface area (Å²) in [7, 11) is 0. The van der Waals surface area contributed by atoms with Crippen LogP contribution in [0.3, 0.4) is 0 Å². The fourth-order valence-corrected chi connectivity index (χ4v) is 4.30. The molecule has 1 aromatic carbocycles. The van der Waals surface area contributed by atoms with Gasteiger partial charge in [0.1, 0.15) is 18.2 Å². The van der Waals surface area contributed by atoms with Crippen LogP contribution in [0.4, 0.5) is 0 Å². The van der Waals surface area contributed by atoms with Crippen LogP contribution >= 0.6 is 0 Å². The van der Waals surface area contributed by atoms with E-state index in [2.05, 4.69) is 23.9 Å². The lowest BCUT2D eigenvalue weighted by atomic mass is 9.81. The molecule has 0 radical (unpaired) electrons. The molecule has 1 aromatic heterocycles. The topological polar surface area (TPSA) is 96.7 Å². The Hall–Kier alpha value is -3.18. The van der Waals surface area contributed by atoms with Crippen LogP contribution in [0.1, 0.15) is 70.3 Å². The number of carbonyl (C=O) groups excluding carboxylic acids is 3. The van der Waals surface area contributed by atoms with E-state index in [1.54, 1.807) is 6.20 Å². The number of nitrogens with zero attached hydrogens (tertiary/aromatic N) is 2. The molecule has 0 unspecified atom stereocenters. The zero-order valence-corrected chi connectivity index (χ0v) is 21.3. The van der Waals surface area contributed by atoms with E-state index in [9.17, 15) is 14.4 Å². The first-order valence-corrected chi connectivity index (χ1v) is 12.1. The second-order valence-corrected chi connectivity index (χ2v) is 9.24. The largest absolute Gasteiger partial charge is 0.463 e. The van der Waals surface area contributed by atoms with Crippen molar-refractivity contribution in [3.05, 3.63) is 29.5 Å². The molecule has 2 heterocycles. The fourth-order valence-electron chi connectivity index (χ4n) is 4.30. The number of ether oxygens (including phenoxy) is 3. The second kappa shape index (κ2) is 11.5. The molecule has 0 aliphatic carbocycles. The van der Waals surface area contributed by atoms with Gasteiger partial charge in [-0.25, -0.2) is 4.68 Å². The van der Waals surface area contributed by atoms with Gasteiger partial charge in [0.2, 0.25) is 5.91 Å². The van der Waals surface area contributed by atoms with Crippen LogP contribution in [0.15, 0.2) is 18.3 Å². The number of hydrogen-bond acceptors (Lipinski definition) is 7. The van der Waals surface area contributed by atoms with Crippen LogP contribution in [0.25, 0.3) is 10.9 Å². The van der Waals surface area contributed by atoms with Gasteiger partial charge in [0.25, 0.3) is 0 Å². The van der Waals surface area contributed by atoms with Gasteiger partial charge in [-0.15, -0.1) is 0 Å². The summed E-state index contributed by atoms with van der Waals surface area (Å²) in [5.41, 5.74) is 2.43. The third kappa shape index (κ3) is 6.49. The molecule has 1 fully saturated rings. The molecular weight excluding hydrogens is 448 g/mol. The minimum atomic E-state index is -0.713. The Morgan fingerprint density at radius 3 is 2.49 bits per heavy atom. The summed E-state index contributed by atoms with van der Waals surface area (Å²) >= 11 is 0. The average molecular weight is 483 g/mol. The predicted octanol–water partition coefficient (Wildman–Crippen LogP) is 3.92. The molecule has 2 aromatic rings. The summed E-state index contributed by atoms with van der Waals surface area (Å²) in [6.45, 7) is 10.4. The molecule has 0 amide bonds. The molecular formula is C27H34N2O6. The van der Waals surface area contributed by atoms with Gasteiger partial charge in [0, 0.05) is 38.3 Å². The zero-order chi connectivity index (χ0) is 25.7. The molecule has 0 bridgehead atoms. The van der Waals surface area contributed by atoms with E-state index >= 15 is 0 Å². The maximum Gasteiger partial charge on any atom is 0.303 e. The summed E-state index contributed by atoms with van der Waals surface area (Å²) in [6, 6.07) is 4.04. The molecule has 1 aliphatic heterocycles. The van der Waals surface area contributed by atoms with Crippen LogP contribution in [0.2, 0.25) is 0 Å². The number of esters is 2. The highest BCUT2D eigenvalue weighted by atomic mass is 16.6. The van der Waals surface area contributed by atoms with Gasteiger partial charge in [0.15, 0.2) is 6.10 Å². The van der Waals surface area contributed by atoms with Gasteiger partial charge in [-0.1, -0.05) is 39.0 Å². The number of fused-ring (bicyclic) bond motifs is 1. The van der Waals surface area contributed by atoms with Gasteiger partial charge in [-0.05, 0) is 36.5 Å². The van der Waals surface area contributed by atoms with Crippen LogP contribution in [-0.2, 0) is 30.2 Å². The van der Waals surface area contributed by atoms with E-state index in [1.165, 1.54) is 25.5 Å². The van der Waals surface area contributed by atoms with Crippen molar-refractivity contribution in [2.75, 3.05) is 6.61 Å². The molecule has 5 atom stereocenters. The number of benzene rings is 1. The molecule has 188 valence electrons. The second-order valence-electron chi connectivity index (χ2n) is 9.24. The average Bonchev–Trinajstić information content (AvgIpc) is 3.23. The lowest BCUT2D eigenvalue weighted by Gasteiger charge is -2.42. The lowest BCUT2D eigenvalue weighted by Crippen LogP contribution is -2.51. The number of hydrogen-bond donors (Lipinski definition) is 0. The first kappa shape index (κ1) is 26.4. The van der Waals surface area contributed by atoms with E-state index in [-0.39, 0.29) is 36.4 Å². The van der Waals surface area contributed by atoms with Gasteiger partial charge >= 0.3 is 11.9 Å². The summed E-state index contributed by atoms with van der Waals surface area (Å²) in [6.07, 6.45) is 3.04. The Balaban J connectivity index is 2.01. The van der Waals surface area contributed by atoms with Crippen LogP contribution in [-0.4, -0.2) is 52.5 Å². The lowest BCUT2D eigenvalue weighted by molar-refractivity contribution is -0.191. The van der Waals surface area contributed by atoms with Crippen LogP contribution in [0.5, 0.6) is 0 Å². The fraction of sp³-hybridized carbons (Fsp3) is 0.556. The van der Waals surface area contributed by atoms with E-state index in [1.807, 2.05) is 26.0 Å². The summed E-state index contributed by atoms with van der Waals surface area (Å²) in [5, 5.41) is 5.28. The number of unbranched alkanes of at least 4 members (excludes halogenated alkanes) is 1. The standard InChI is InChI=1S/C27H34N2O6/c1-7-8-9-21-12-22(26-23(13-21)14-29(28-26)18(4)30)10-11-24-27(34-20(6)32)17(3)16(2)25(35-24)15-33-19(5)31/h12-14,16-17,24-25,27H,7-9,15H2,1-6H3/t16-,17-,24+,25+,27-/m0/s1. The van der Waals surface area contributed by atoms with Crippen molar-refractivity contribution in [1.29, 1.82) is 0 Å². The Morgan fingerprint density at radius 2 is 1.86 bits per heavy atom. The molecule has 8 heteroatoms. The van der Waals surface area contributed by atoms with Crippen molar-refractivity contribution in [1.82, 2.24) is 9.78 Å². The van der Waals surface area contributed by atoms with Crippen molar-refractivity contribution < 1.29 is 28.6 Å². The number of rotatable bonds is 6. The number of aromatic nitrogens is 2. The Kier molecular flexibility index (Phi) is 8.68. The molecule has 1 aliphatic rings. The molecule has 0 spiro atoms. The van der Waals surface area contributed by atoms with Crippen molar-refractivity contribution in [2.24, 2.45) is 11.8 Å². The maximum atomic E-state index is 11.9. The first-order chi connectivity index (χ1) is 16.6. The Labute approximate surface area is 206 Å². The monoisotopic (exact) mass is 482 g/mol. The molecule has 1 saturated heterocycles. The SMILES string of the molecule is CCCCc1cc(C#C[C@H]2O[C@H](COC(C)=O)[C@@H](C)[C@H](C)[C@@H]2OC(C)=O)c2nn(C(C)=O)cc2c1. The van der Waals surface area contributed by atoms with Crippen LogP contribution < -0.4 is 0 Å². The van der Waals surface area contributed by atoms with E-state index in [4.69, 9.17) is 14.2 Å². The molecule has 3 rings (SSSR count). The number of aryl methyl sites for hydroxylation is 1. The van der Waals surface area contributed by atoms with Crippen molar-refractivity contribution in [3.8, 4) is 11.8 Å². The Morgan fingerprint density at radius 1 is 1.11 bits per heavy atom. The van der Waals surface area contributed by atoms with E-state index in [0.717, 1.165) is 30.2 Å². The molecule has 35 heavy (non-hydrogen) atoms. The number of carbonyl (C=O) groups is 3. The minimum absolute atomic E-state index is 0.0212. The van der Waals surface area contributed by atoms with Crippen molar-refractivity contribution in [3.63, 3.8) is 0 Å². The highest BCUT2D eigenvalue weighted by molar-refractivity contribution is 5.88. The first-order valence-electron chi connectivity index (χ1n) is 12.1. The molecule has 0 saturated carbocycles. The maximum absolute atomic E-state index is 11.9. The van der Waals surface area contributed by atoms with Crippen LogP contribution in [0, 0.1) is 23.7 Å². The minimum Gasteiger partial charge on any atom is -0.463 e. The predicted molar refractivity (Wildman–Crippen MR) is 131 cm³/mol. The summed E-state index contributed by atoms with van der Waals surface area (Å²) < 4.78 is 18.3. The zero-order valence-electron chi connectivity index (χ0n) is 21.3. The van der Waals surface area contributed by atoms with Gasteiger partial charge in [-0.2, -0.15) is 5.10 Å². The quantitative estimate of drug-likeness (QED) is 0.455. The third-order valence-corrected chi connectivity index (χ3v) is 6.47. The van der Waals surface area contributed by atoms with Gasteiger partial charge in [-0.3, -0.25) is 14.4 Å². The smallest absolute Gasteiger partial charge is 0.303 e. The third-order valence-electron chi connectivity index (χ3n) is 6.47. The summed E-state index contributed by atoms with van der Waals surface area (Å²) in [4.78, 5) is 35.1. The van der Waals surface area contributed by atoms with E-state index < -0.39 is 18.2 Å². The highest BCUT2D eigenvalue weighted by Crippen LogP contribution is 2.33. The molecule has 0 N–H and O–H groups in total. The highest BCUT2D eigenvalue weighted by Gasteiger charge is 2.43. The Bertz CT molecular complexity index is 1160. The van der Waals surface area contributed by atoms with Crippen molar-refractivity contribution in [2.45, 2.75) is 79.1 Å². The summed E-state index contributed by atoms with van der Waals surface area (Å²) in [5.74, 6) is 5.27. The normalized spacial score (nSPS) is 23.9. The van der Waals surface area contributed by atoms with Gasteiger partial charge < -0.3 is 14.2 Å². The molecule has 8 nitrogen and oxygen atoms in total. The van der Waals surface area contributed by atoms with Crippen molar-refractivity contribution >= 4 is 28.7 Å². The van der Waals surface area contributed by atoms with Gasteiger partial charge in [0.05, 0.1) is 11.7 Å².